The lowest BCUT2D eigenvalue weighted by Gasteiger charge is -2.19. The van der Waals surface area contributed by atoms with E-state index in [4.69, 9.17) is 5.11 Å². The first kappa shape index (κ1) is 13.2. The SMILES string of the molecule is C=CCN(CCO)C(=O)c1ccn(C)c(=O)c1. The van der Waals surface area contributed by atoms with Crippen LogP contribution in [0.2, 0.25) is 0 Å². The molecule has 0 aliphatic rings. The Bertz CT molecular complexity index is 465. The molecule has 0 unspecified atom stereocenters. The van der Waals surface area contributed by atoms with Gasteiger partial charge in [-0.15, -0.1) is 6.58 Å². The van der Waals surface area contributed by atoms with Crippen LogP contribution in [0, 0.1) is 0 Å². The minimum Gasteiger partial charge on any atom is -0.395 e. The van der Waals surface area contributed by atoms with E-state index in [-0.39, 0.29) is 24.6 Å². The van der Waals surface area contributed by atoms with Gasteiger partial charge in [-0.05, 0) is 6.07 Å². The zero-order valence-corrected chi connectivity index (χ0v) is 9.80. The first-order chi connectivity index (χ1) is 8.10. The summed E-state index contributed by atoms with van der Waals surface area (Å²) in [5.41, 5.74) is 0.0850. The van der Waals surface area contributed by atoms with E-state index >= 15 is 0 Å². The van der Waals surface area contributed by atoms with Gasteiger partial charge in [0.25, 0.3) is 11.5 Å². The molecule has 5 heteroatoms. The predicted octanol–water partition coefficient (Wildman–Crippen LogP) is 0.00580. The molecule has 0 aromatic carbocycles. The predicted molar refractivity (Wildman–Crippen MR) is 64.9 cm³/mol. The maximum absolute atomic E-state index is 12.0. The van der Waals surface area contributed by atoms with E-state index < -0.39 is 0 Å². The van der Waals surface area contributed by atoms with Crippen molar-refractivity contribution in [1.82, 2.24) is 9.47 Å². The lowest BCUT2D eigenvalue weighted by Crippen LogP contribution is -2.34. The molecule has 0 saturated carbocycles. The van der Waals surface area contributed by atoms with Crippen molar-refractivity contribution >= 4 is 5.91 Å². The third-order valence-corrected chi connectivity index (χ3v) is 2.36. The summed E-state index contributed by atoms with van der Waals surface area (Å²) in [4.78, 5) is 24.8. The van der Waals surface area contributed by atoms with Gasteiger partial charge in [-0.25, -0.2) is 0 Å². The van der Waals surface area contributed by atoms with Gasteiger partial charge in [0.2, 0.25) is 0 Å². The number of carbonyl (C=O) groups is 1. The normalized spacial score (nSPS) is 10.0. The number of pyridine rings is 1. The summed E-state index contributed by atoms with van der Waals surface area (Å²) in [6.45, 7) is 3.99. The second-order valence-electron chi connectivity index (χ2n) is 3.63. The van der Waals surface area contributed by atoms with Gasteiger partial charge in [-0.2, -0.15) is 0 Å². The van der Waals surface area contributed by atoms with Gasteiger partial charge >= 0.3 is 0 Å². The van der Waals surface area contributed by atoms with Gasteiger partial charge in [-0.1, -0.05) is 6.08 Å². The number of hydrogen-bond acceptors (Lipinski definition) is 3. The summed E-state index contributed by atoms with van der Waals surface area (Å²) in [5.74, 6) is -0.281. The summed E-state index contributed by atoms with van der Waals surface area (Å²) < 4.78 is 1.39. The van der Waals surface area contributed by atoms with Crippen molar-refractivity contribution < 1.29 is 9.90 Å². The molecule has 17 heavy (non-hydrogen) atoms. The zero-order chi connectivity index (χ0) is 12.8. The summed E-state index contributed by atoms with van der Waals surface area (Å²) in [6, 6.07) is 2.87. The van der Waals surface area contributed by atoms with Gasteiger partial charge < -0.3 is 14.6 Å². The molecule has 1 heterocycles. The molecule has 0 radical (unpaired) electrons. The molecule has 5 nitrogen and oxygen atoms in total. The molecule has 0 saturated heterocycles. The molecule has 1 rings (SSSR count). The largest absolute Gasteiger partial charge is 0.395 e. The minimum absolute atomic E-state index is 0.121. The fraction of sp³-hybridized carbons (Fsp3) is 0.333. The van der Waals surface area contributed by atoms with Crippen molar-refractivity contribution in [2.45, 2.75) is 0 Å². The molecule has 0 bridgehead atoms. The number of carbonyl (C=O) groups excluding carboxylic acids is 1. The Morgan fingerprint density at radius 2 is 2.35 bits per heavy atom. The van der Waals surface area contributed by atoms with E-state index in [0.29, 0.717) is 12.1 Å². The van der Waals surface area contributed by atoms with Gasteiger partial charge in [0, 0.05) is 38.0 Å². The minimum atomic E-state index is -0.281. The Labute approximate surface area is 99.6 Å². The highest BCUT2D eigenvalue weighted by atomic mass is 16.3. The summed E-state index contributed by atoms with van der Waals surface area (Å²) in [7, 11) is 1.62. The summed E-state index contributed by atoms with van der Waals surface area (Å²) >= 11 is 0. The molecule has 0 spiro atoms. The van der Waals surface area contributed by atoms with Crippen LogP contribution in [0.25, 0.3) is 0 Å². The van der Waals surface area contributed by atoms with Crippen LogP contribution in [0.4, 0.5) is 0 Å². The van der Waals surface area contributed by atoms with Crippen molar-refractivity contribution in [1.29, 1.82) is 0 Å². The monoisotopic (exact) mass is 236 g/mol. The van der Waals surface area contributed by atoms with E-state index in [9.17, 15) is 9.59 Å². The first-order valence-corrected chi connectivity index (χ1v) is 5.28. The van der Waals surface area contributed by atoms with E-state index in [0.717, 1.165) is 0 Å². The number of aliphatic hydroxyl groups excluding tert-OH is 1. The lowest BCUT2D eigenvalue weighted by molar-refractivity contribution is 0.0742. The smallest absolute Gasteiger partial charge is 0.254 e. The molecule has 92 valence electrons. The van der Waals surface area contributed by atoms with Gasteiger partial charge in [0.15, 0.2) is 0 Å². The van der Waals surface area contributed by atoms with Crippen LogP contribution in [-0.2, 0) is 7.05 Å². The number of amides is 1. The summed E-state index contributed by atoms with van der Waals surface area (Å²) in [6.07, 6.45) is 3.12. The molecule has 0 aliphatic heterocycles. The van der Waals surface area contributed by atoms with E-state index in [1.165, 1.54) is 15.5 Å². The second-order valence-corrected chi connectivity index (χ2v) is 3.63. The van der Waals surface area contributed by atoms with E-state index in [1.54, 1.807) is 25.4 Å². The van der Waals surface area contributed by atoms with Crippen LogP contribution in [-0.4, -0.2) is 40.2 Å². The molecule has 0 atom stereocenters. The quantitative estimate of drug-likeness (QED) is 0.732. The van der Waals surface area contributed by atoms with Crippen molar-refractivity contribution in [2.75, 3.05) is 19.7 Å². The Morgan fingerprint density at radius 1 is 1.65 bits per heavy atom. The van der Waals surface area contributed by atoms with Gasteiger partial charge in [-0.3, -0.25) is 9.59 Å². The number of aromatic nitrogens is 1. The Balaban J connectivity index is 2.96. The highest BCUT2D eigenvalue weighted by molar-refractivity contribution is 5.94. The van der Waals surface area contributed by atoms with E-state index in [2.05, 4.69) is 6.58 Å². The third-order valence-electron chi connectivity index (χ3n) is 2.36. The van der Waals surface area contributed by atoms with Gasteiger partial charge in [0.05, 0.1) is 6.61 Å². The first-order valence-electron chi connectivity index (χ1n) is 5.28. The third kappa shape index (κ3) is 3.29. The topological polar surface area (TPSA) is 62.5 Å². The molecule has 1 N–H and O–H groups in total. The standard InChI is InChI=1S/C12H16N2O3/c1-3-5-14(7-8-15)12(17)10-4-6-13(2)11(16)9-10/h3-4,6,9,15H,1,5,7-8H2,2H3. The van der Waals surface area contributed by atoms with Crippen LogP contribution in [0.1, 0.15) is 10.4 Å². The van der Waals surface area contributed by atoms with Crippen molar-refractivity contribution in [3.63, 3.8) is 0 Å². The average molecular weight is 236 g/mol. The van der Waals surface area contributed by atoms with E-state index in [1.807, 2.05) is 0 Å². The number of nitrogens with zero attached hydrogens (tertiary/aromatic N) is 2. The van der Waals surface area contributed by atoms with Crippen LogP contribution < -0.4 is 5.56 Å². The van der Waals surface area contributed by atoms with Crippen molar-refractivity contribution in [2.24, 2.45) is 7.05 Å². The Morgan fingerprint density at radius 3 is 2.88 bits per heavy atom. The highest BCUT2D eigenvalue weighted by Gasteiger charge is 2.14. The lowest BCUT2D eigenvalue weighted by atomic mass is 10.2. The molecule has 0 aliphatic carbocycles. The molecular weight excluding hydrogens is 220 g/mol. The maximum atomic E-state index is 12.0. The second kappa shape index (κ2) is 6.00. The Kier molecular flexibility index (Phi) is 4.66. The van der Waals surface area contributed by atoms with Crippen LogP contribution in [0.15, 0.2) is 35.8 Å². The van der Waals surface area contributed by atoms with Crippen LogP contribution in [0.3, 0.4) is 0 Å². The fourth-order valence-corrected chi connectivity index (χ4v) is 1.42. The van der Waals surface area contributed by atoms with Crippen molar-refractivity contribution in [3.05, 3.63) is 46.9 Å². The maximum Gasteiger partial charge on any atom is 0.254 e. The fourth-order valence-electron chi connectivity index (χ4n) is 1.42. The van der Waals surface area contributed by atoms with Crippen molar-refractivity contribution in [3.8, 4) is 0 Å². The number of hydrogen-bond donors (Lipinski definition) is 1. The molecule has 1 aromatic rings. The van der Waals surface area contributed by atoms with Crippen LogP contribution >= 0.6 is 0 Å². The zero-order valence-electron chi connectivity index (χ0n) is 9.80. The number of aliphatic hydroxyl groups is 1. The molecule has 1 amide bonds. The number of aryl methyl sites for hydroxylation is 1. The number of rotatable bonds is 5. The highest BCUT2D eigenvalue weighted by Crippen LogP contribution is 2.02. The molecular formula is C12H16N2O3. The molecule has 0 fully saturated rings. The van der Waals surface area contributed by atoms with Crippen LogP contribution in [0.5, 0.6) is 0 Å². The average Bonchev–Trinajstić information content (AvgIpc) is 2.31. The molecule has 1 aromatic heterocycles. The summed E-state index contributed by atoms with van der Waals surface area (Å²) in [5, 5.41) is 8.86. The van der Waals surface area contributed by atoms with Gasteiger partial charge in [0.1, 0.15) is 0 Å². The Hall–Kier alpha value is -1.88.